The molecule has 0 aliphatic carbocycles. The molecule has 1 heterocycles. The summed E-state index contributed by atoms with van der Waals surface area (Å²) < 4.78 is 1.73. The molecule has 0 unspecified atom stereocenters. The molecule has 6 heteroatoms. The van der Waals surface area contributed by atoms with E-state index in [1.54, 1.807) is 16.8 Å². The van der Waals surface area contributed by atoms with Crippen molar-refractivity contribution in [2.75, 3.05) is 5.73 Å². The molecule has 0 fully saturated rings. The van der Waals surface area contributed by atoms with Gasteiger partial charge in [-0.1, -0.05) is 46.9 Å². The van der Waals surface area contributed by atoms with Gasteiger partial charge in [-0.2, -0.15) is 0 Å². The summed E-state index contributed by atoms with van der Waals surface area (Å²) in [7, 11) is 0. The average molecular weight is 353 g/mol. The molecule has 2 N–H and O–H groups in total. The number of nitrogens with zero attached hydrogens (tertiary/aromatic N) is 2. The molecule has 0 aliphatic rings. The third kappa shape index (κ3) is 2.68. The standard InChI is InChI=1S/C16H12Cl3N3/c1-9-15(10-2-4-11(17)5-3-10)22(21-16(9)20)14-7-6-12(18)8-13(14)19/h2-8H,1H3,(H2,20,21). The summed E-state index contributed by atoms with van der Waals surface area (Å²) in [5.41, 5.74) is 9.43. The van der Waals surface area contributed by atoms with Crippen molar-refractivity contribution in [2.45, 2.75) is 6.92 Å². The second-order valence-corrected chi connectivity index (χ2v) is 6.15. The molecular formula is C16H12Cl3N3. The van der Waals surface area contributed by atoms with Gasteiger partial charge in [0.25, 0.3) is 0 Å². The smallest absolute Gasteiger partial charge is 0.149 e. The fraction of sp³-hybridized carbons (Fsp3) is 0.0625. The Bertz CT molecular complexity index is 839. The Hall–Kier alpha value is -1.68. The van der Waals surface area contributed by atoms with Gasteiger partial charge in [0.15, 0.2) is 0 Å². The van der Waals surface area contributed by atoms with Crippen molar-refractivity contribution in [1.82, 2.24) is 9.78 Å². The topological polar surface area (TPSA) is 43.8 Å². The number of aromatic nitrogens is 2. The number of nitrogens with two attached hydrogens (primary N) is 1. The highest BCUT2D eigenvalue weighted by Gasteiger charge is 2.17. The van der Waals surface area contributed by atoms with Crippen LogP contribution in [-0.2, 0) is 0 Å². The highest BCUT2D eigenvalue weighted by atomic mass is 35.5. The van der Waals surface area contributed by atoms with Gasteiger partial charge in [-0.25, -0.2) is 4.68 Å². The summed E-state index contributed by atoms with van der Waals surface area (Å²) in [6.45, 7) is 1.92. The molecule has 0 aliphatic heterocycles. The molecular weight excluding hydrogens is 341 g/mol. The van der Waals surface area contributed by atoms with E-state index in [9.17, 15) is 0 Å². The van der Waals surface area contributed by atoms with Gasteiger partial charge in [0.1, 0.15) is 5.82 Å². The molecule has 0 bridgehead atoms. The molecule has 0 saturated carbocycles. The first kappa shape index (κ1) is 15.2. The van der Waals surface area contributed by atoms with Gasteiger partial charge < -0.3 is 5.73 Å². The number of anilines is 1. The molecule has 3 nitrogen and oxygen atoms in total. The van der Waals surface area contributed by atoms with Crippen LogP contribution in [0.25, 0.3) is 16.9 Å². The molecule has 0 amide bonds. The first-order valence-electron chi connectivity index (χ1n) is 6.54. The average Bonchev–Trinajstić information content (AvgIpc) is 2.76. The van der Waals surface area contributed by atoms with Crippen molar-refractivity contribution < 1.29 is 0 Å². The SMILES string of the molecule is Cc1c(N)nn(-c2ccc(Cl)cc2Cl)c1-c1ccc(Cl)cc1. The number of hydrogen-bond acceptors (Lipinski definition) is 2. The number of benzene rings is 2. The summed E-state index contributed by atoms with van der Waals surface area (Å²) in [5, 5.41) is 6.15. The van der Waals surface area contributed by atoms with Gasteiger partial charge in [0, 0.05) is 21.2 Å². The minimum absolute atomic E-state index is 0.455. The van der Waals surface area contributed by atoms with E-state index in [1.807, 2.05) is 37.3 Å². The summed E-state index contributed by atoms with van der Waals surface area (Å²) in [4.78, 5) is 0. The minimum atomic E-state index is 0.455. The van der Waals surface area contributed by atoms with E-state index < -0.39 is 0 Å². The monoisotopic (exact) mass is 351 g/mol. The van der Waals surface area contributed by atoms with E-state index >= 15 is 0 Å². The van der Waals surface area contributed by atoms with Gasteiger partial charge >= 0.3 is 0 Å². The number of hydrogen-bond donors (Lipinski definition) is 1. The molecule has 112 valence electrons. The Kier molecular flexibility index (Phi) is 4.04. The molecule has 0 atom stereocenters. The Morgan fingerprint density at radius 1 is 0.955 bits per heavy atom. The van der Waals surface area contributed by atoms with Crippen molar-refractivity contribution in [1.29, 1.82) is 0 Å². The van der Waals surface area contributed by atoms with Crippen LogP contribution in [0.1, 0.15) is 5.56 Å². The molecule has 2 aromatic carbocycles. The zero-order valence-corrected chi connectivity index (χ0v) is 13.9. The van der Waals surface area contributed by atoms with E-state index in [1.165, 1.54) is 0 Å². The van der Waals surface area contributed by atoms with Crippen molar-refractivity contribution in [2.24, 2.45) is 0 Å². The Morgan fingerprint density at radius 3 is 2.23 bits per heavy atom. The van der Waals surface area contributed by atoms with Crippen LogP contribution in [0.5, 0.6) is 0 Å². The van der Waals surface area contributed by atoms with Crippen molar-refractivity contribution in [3.05, 3.63) is 63.1 Å². The number of nitrogen functional groups attached to an aromatic ring is 1. The number of rotatable bonds is 2. The van der Waals surface area contributed by atoms with E-state index in [2.05, 4.69) is 5.10 Å². The predicted molar refractivity (Wildman–Crippen MR) is 93.2 cm³/mol. The maximum atomic E-state index is 6.30. The van der Waals surface area contributed by atoms with Gasteiger partial charge in [-0.3, -0.25) is 0 Å². The normalized spacial score (nSPS) is 10.9. The van der Waals surface area contributed by atoms with E-state index in [0.29, 0.717) is 20.9 Å². The summed E-state index contributed by atoms with van der Waals surface area (Å²) >= 11 is 18.2. The third-order valence-electron chi connectivity index (χ3n) is 3.41. The van der Waals surface area contributed by atoms with Gasteiger partial charge in [0.2, 0.25) is 0 Å². The molecule has 0 spiro atoms. The molecule has 3 aromatic rings. The van der Waals surface area contributed by atoms with Gasteiger partial charge in [0.05, 0.1) is 16.4 Å². The molecule has 3 rings (SSSR count). The fourth-order valence-electron chi connectivity index (χ4n) is 2.29. The van der Waals surface area contributed by atoms with Crippen LogP contribution >= 0.6 is 34.8 Å². The second kappa shape index (κ2) is 5.84. The Balaban J connectivity index is 2.25. The fourth-order valence-corrected chi connectivity index (χ4v) is 2.90. The van der Waals surface area contributed by atoms with E-state index in [4.69, 9.17) is 40.5 Å². The van der Waals surface area contributed by atoms with Crippen LogP contribution in [0.4, 0.5) is 5.82 Å². The molecule has 0 saturated heterocycles. The summed E-state index contributed by atoms with van der Waals surface area (Å²) in [5.74, 6) is 0.455. The minimum Gasteiger partial charge on any atom is -0.382 e. The predicted octanol–water partition coefficient (Wildman–Crippen LogP) is 5.39. The molecule has 22 heavy (non-hydrogen) atoms. The summed E-state index contributed by atoms with van der Waals surface area (Å²) in [6.07, 6.45) is 0. The lowest BCUT2D eigenvalue weighted by Gasteiger charge is -2.10. The van der Waals surface area contributed by atoms with Gasteiger partial charge in [-0.05, 0) is 37.3 Å². The maximum absolute atomic E-state index is 6.30. The first-order chi connectivity index (χ1) is 10.5. The van der Waals surface area contributed by atoms with Gasteiger partial charge in [-0.15, -0.1) is 5.10 Å². The van der Waals surface area contributed by atoms with Crippen LogP contribution in [0.3, 0.4) is 0 Å². The largest absolute Gasteiger partial charge is 0.382 e. The second-order valence-electron chi connectivity index (χ2n) is 4.87. The van der Waals surface area contributed by atoms with E-state index in [-0.39, 0.29) is 0 Å². The van der Waals surface area contributed by atoms with Crippen LogP contribution in [0.15, 0.2) is 42.5 Å². The zero-order valence-electron chi connectivity index (χ0n) is 11.6. The zero-order chi connectivity index (χ0) is 15.9. The van der Waals surface area contributed by atoms with Crippen LogP contribution in [0.2, 0.25) is 15.1 Å². The number of halogens is 3. The Morgan fingerprint density at radius 2 is 1.59 bits per heavy atom. The van der Waals surface area contributed by atoms with Crippen LogP contribution in [0, 0.1) is 6.92 Å². The quantitative estimate of drug-likeness (QED) is 0.672. The van der Waals surface area contributed by atoms with Crippen molar-refractivity contribution in [3.63, 3.8) is 0 Å². The molecule has 0 radical (unpaired) electrons. The lowest BCUT2D eigenvalue weighted by atomic mass is 10.1. The summed E-state index contributed by atoms with van der Waals surface area (Å²) in [6, 6.07) is 12.8. The van der Waals surface area contributed by atoms with E-state index in [0.717, 1.165) is 22.5 Å². The first-order valence-corrected chi connectivity index (χ1v) is 7.67. The lowest BCUT2D eigenvalue weighted by Crippen LogP contribution is -2.01. The Labute approximate surface area is 143 Å². The highest BCUT2D eigenvalue weighted by Crippen LogP contribution is 2.33. The van der Waals surface area contributed by atoms with Crippen molar-refractivity contribution >= 4 is 40.6 Å². The maximum Gasteiger partial charge on any atom is 0.149 e. The van der Waals surface area contributed by atoms with Crippen LogP contribution in [-0.4, -0.2) is 9.78 Å². The third-order valence-corrected chi connectivity index (χ3v) is 4.20. The lowest BCUT2D eigenvalue weighted by molar-refractivity contribution is 0.893. The molecule has 1 aromatic heterocycles. The van der Waals surface area contributed by atoms with Crippen molar-refractivity contribution in [3.8, 4) is 16.9 Å². The van der Waals surface area contributed by atoms with Crippen LogP contribution < -0.4 is 5.73 Å². The highest BCUT2D eigenvalue weighted by molar-refractivity contribution is 6.35.